The summed E-state index contributed by atoms with van der Waals surface area (Å²) in [6, 6.07) is 22.4. The van der Waals surface area contributed by atoms with Gasteiger partial charge in [0.2, 0.25) is 0 Å². The van der Waals surface area contributed by atoms with Crippen molar-refractivity contribution >= 4 is 0 Å². The van der Waals surface area contributed by atoms with Crippen LogP contribution in [0.4, 0.5) is 0 Å². The third kappa shape index (κ3) is 11.7. The number of nitrogens with zero attached hydrogens (tertiary/aromatic N) is 2. The molecular formula is C40H62N2. The fraction of sp³-hybridized carbons (Fsp3) is 0.625. The highest BCUT2D eigenvalue weighted by Crippen LogP contribution is 2.44. The number of rotatable bonds is 24. The van der Waals surface area contributed by atoms with Crippen LogP contribution in [0.3, 0.4) is 0 Å². The molecule has 0 bridgehead atoms. The molecule has 0 aliphatic heterocycles. The van der Waals surface area contributed by atoms with Gasteiger partial charge in [0.05, 0.1) is 0 Å². The van der Waals surface area contributed by atoms with Crippen molar-refractivity contribution in [3.05, 3.63) is 90.0 Å². The summed E-state index contributed by atoms with van der Waals surface area (Å²) in [6.45, 7) is 8.18. The fourth-order valence-electron chi connectivity index (χ4n) is 6.89. The molecular weight excluding hydrogens is 508 g/mol. The largest absolute Gasteiger partial charge is 0.335 e. The van der Waals surface area contributed by atoms with Gasteiger partial charge in [0.25, 0.3) is 0 Å². The van der Waals surface area contributed by atoms with Crippen LogP contribution in [-0.2, 0) is 18.4 Å². The predicted molar refractivity (Wildman–Crippen MR) is 183 cm³/mol. The molecule has 0 N–H and O–H groups in total. The van der Waals surface area contributed by atoms with E-state index in [2.05, 4.69) is 92.2 Å². The van der Waals surface area contributed by atoms with Crippen molar-refractivity contribution in [2.75, 3.05) is 0 Å². The van der Waals surface area contributed by atoms with Gasteiger partial charge in [0.15, 0.2) is 0 Å². The van der Waals surface area contributed by atoms with Gasteiger partial charge in [-0.05, 0) is 30.4 Å². The van der Waals surface area contributed by atoms with Crippen LogP contribution in [0.2, 0.25) is 0 Å². The SMILES string of the molecule is CCCCCCCCCCCCCCCCC(c1nccn1CCCCC)C(C)(Cc1ccccc1)c1ccccc1. The normalized spacial score (nSPS) is 13.7. The highest BCUT2D eigenvalue weighted by Gasteiger charge is 2.39. The minimum absolute atomic E-state index is 0.0208. The van der Waals surface area contributed by atoms with Crippen molar-refractivity contribution in [1.82, 2.24) is 9.55 Å². The van der Waals surface area contributed by atoms with E-state index in [1.54, 1.807) is 0 Å². The Morgan fingerprint density at radius 1 is 0.619 bits per heavy atom. The lowest BCUT2D eigenvalue weighted by Crippen LogP contribution is -2.35. The molecule has 0 aliphatic rings. The zero-order chi connectivity index (χ0) is 29.7. The second-order valence-electron chi connectivity index (χ2n) is 13.1. The van der Waals surface area contributed by atoms with Crippen molar-refractivity contribution < 1.29 is 0 Å². The summed E-state index contributed by atoms with van der Waals surface area (Å²) in [4.78, 5) is 5.08. The van der Waals surface area contributed by atoms with Gasteiger partial charge in [0, 0.05) is 30.3 Å². The molecule has 0 saturated heterocycles. The van der Waals surface area contributed by atoms with E-state index in [0.29, 0.717) is 5.92 Å². The first-order valence-corrected chi connectivity index (χ1v) is 17.8. The number of imidazole rings is 1. The minimum atomic E-state index is -0.0208. The molecule has 2 aromatic carbocycles. The number of hydrogen-bond acceptors (Lipinski definition) is 1. The molecule has 232 valence electrons. The lowest BCUT2D eigenvalue weighted by atomic mass is 9.66. The highest BCUT2D eigenvalue weighted by atomic mass is 15.1. The van der Waals surface area contributed by atoms with Gasteiger partial charge < -0.3 is 4.57 Å². The zero-order valence-electron chi connectivity index (χ0n) is 27.5. The van der Waals surface area contributed by atoms with Gasteiger partial charge in [-0.25, -0.2) is 4.98 Å². The highest BCUT2D eigenvalue weighted by molar-refractivity contribution is 5.33. The second kappa shape index (κ2) is 20.5. The fourth-order valence-corrected chi connectivity index (χ4v) is 6.89. The average Bonchev–Trinajstić information content (AvgIpc) is 3.48. The van der Waals surface area contributed by atoms with E-state index in [0.717, 1.165) is 13.0 Å². The maximum absolute atomic E-state index is 5.08. The first-order chi connectivity index (χ1) is 20.7. The topological polar surface area (TPSA) is 17.8 Å². The Morgan fingerprint density at radius 2 is 1.12 bits per heavy atom. The Balaban J connectivity index is 1.60. The number of aryl methyl sites for hydroxylation is 1. The molecule has 0 radical (unpaired) electrons. The van der Waals surface area contributed by atoms with Gasteiger partial charge in [-0.15, -0.1) is 0 Å². The van der Waals surface area contributed by atoms with E-state index >= 15 is 0 Å². The average molecular weight is 571 g/mol. The van der Waals surface area contributed by atoms with Crippen molar-refractivity contribution in [1.29, 1.82) is 0 Å². The quantitative estimate of drug-likeness (QED) is 0.0979. The summed E-state index contributed by atoms with van der Waals surface area (Å²) in [5.41, 5.74) is 2.83. The Morgan fingerprint density at radius 3 is 1.69 bits per heavy atom. The maximum atomic E-state index is 5.08. The van der Waals surface area contributed by atoms with Crippen molar-refractivity contribution in [2.45, 2.75) is 161 Å². The Hall–Kier alpha value is -2.35. The Kier molecular flexibility index (Phi) is 16.7. The Labute approximate surface area is 259 Å². The number of benzene rings is 2. The molecule has 3 rings (SSSR count). The molecule has 1 aromatic heterocycles. The molecule has 2 heteroatoms. The van der Waals surface area contributed by atoms with E-state index in [4.69, 9.17) is 4.98 Å². The third-order valence-corrected chi connectivity index (χ3v) is 9.52. The lowest BCUT2D eigenvalue weighted by molar-refractivity contribution is 0.321. The van der Waals surface area contributed by atoms with Crippen molar-refractivity contribution in [3.63, 3.8) is 0 Å². The van der Waals surface area contributed by atoms with Crippen LogP contribution in [0, 0.1) is 0 Å². The Bertz CT molecular complexity index is 1040. The molecule has 0 fully saturated rings. The minimum Gasteiger partial charge on any atom is -0.335 e. The lowest BCUT2D eigenvalue weighted by Gasteiger charge is -2.39. The van der Waals surface area contributed by atoms with Crippen LogP contribution in [0.15, 0.2) is 73.1 Å². The number of aromatic nitrogens is 2. The molecule has 2 atom stereocenters. The first-order valence-electron chi connectivity index (χ1n) is 17.8. The summed E-state index contributed by atoms with van der Waals surface area (Å²) >= 11 is 0. The maximum Gasteiger partial charge on any atom is 0.112 e. The molecule has 2 nitrogen and oxygen atoms in total. The molecule has 1 heterocycles. The first kappa shape index (κ1) is 34.1. The van der Waals surface area contributed by atoms with Crippen LogP contribution < -0.4 is 0 Å². The van der Waals surface area contributed by atoms with Crippen molar-refractivity contribution in [2.24, 2.45) is 0 Å². The number of unbranched alkanes of at least 4 members (excludes halogenated alkanes) is 15. The van der Waals surface area contributed by atoms with E-state index < -0.39 is 0 Å². The molecule has 0 aliphatic carbocycles. The standard InChI is InChI=1S/C40H62N2/c1-4-6-8-9-10-11-12-13-14-15-16-17-18-25-31-38(39-41-32-34-42(39)33-26-7-5-2)40(3,37-29-23-20-24-30-37)35-36-27-21-19-22-28-36/h19-24,27-30,32,34,38H,4-18,25-26,31,33,35H2,1-3H3. The molecule has 0 spiro atoms. The van der Waals surface area contributed by atoms with Crippen molar-refractivity contribution in [3.8, 4) is 0 Å². The van der Waals surface area contributed by atoms with Crippen LogP contribution in [0.5, 0.6) is 0 Å². The molecule has 0 saturated carbocycles. The summed E-state index contributed by atoms with van der Waals surface area (Å²) in [5.74, 6) is 1.68. The smallest absolute Gasteiger partial charge is 0.112 e. The van der Waals surface area contributed by atoms with E-state index in [1.165, 1.54) is 133 Å². The van der Waals surface area contributed by atoms with Gasteiger partial charge in [0.1, 0.15) is 5.82 Å². The van der Waals surface area contributed by atoms with Gasteiger partial charge >= 0.3 is 0 Å². The van der Waals surface area contributed by atoms with E-state index in [-0.39, 0.29) is 5.41 Å². The van der Waals surface area contributed by atoms with Crippen LogP contribution >= 0.6 is 0 Å². The van der Waals surface area contributed by atoms with Gasteiger partial charge in [-0.2, -0.15) is 0 Å². The summed E-state index contributed by atoms with van der Waals surface area (Å²) in [5, 5.41) is 0. The van der Waals surface area contributed by atoms with Crippen LogP contribution in [-0.4, -0.2) is 9.55 Å². The van der Waals surface area contributed by atoms with Crippen LogP contribution in [0.25, 0.3) is 0 Å². The second-order valence-corrected chi connectivity index (χ2v) is 13.1. The van der Waals surface area contributed by atoms with E-state index in [9.17, 15) is 0 Å². The monoisotopic (exact) mass is 570 g/mol. The number of hydrogen-bond donors (Lipinski definition) is 0. The molecule has 2 unspecified atom stereocenters. The third-order valence-electron chi connectivity index (χ3n) is 9.52. The summed E-state index contributed by atoms with van der Waals surface area (Å²) < 4.78 is 2.48. The van der Waals surface area contributed by atoms with E-state index in [1.807, 2.05) is 6.20 Å². The molecule has 0 amide bonds. The predicted octanol–water partition coefficient (Wildman–Crippen LogP) is 12.2. The van der Waals surface area contributed by atoms with Gasteiger partial charge in [-0.1, -0.05) is 184 Å². The summed E-state index contributed by atoms with van der Waals surface area (Å²) in [6.07, 6.45) is 29.9. The molecule has 42 heavy (non-hydrogen) atoms. The van der Waals surface area contributed by atoms with Crippen LogP contribution in [0.1, 0.15) is 159 Å². The zero-order valence-corrected chi connectivity index (χ0v) is 27.5. The molecule has 3 aromatic rings. The summed E-state index contributed by atoms with van der Waals surface area (Å²) in [7, 11) is 0. The van der Waals surface area contributed by atoms with Gasteiger partial charge in [-0.3, -0.25) is 0 Å².